The van der Waals surface area contributed by atoms with Gasteiger partial charge in [0.2, 0.25) is 0 Å². The fourth-order valence-corrected chi connectivity index (χ4v) is 3.07. The standard InChI is InChI=1S/C7H13NS/c1-2-4-9-7(3-1)5-8-6-7/h8H,1-6H2. The molecule has 2 heteroatoms. The third-order valence-electron chi connectivity index (χ3n) is 2.33. The van der Waals surface area contributed by atoms with Crippen LogP contribution in [0.15, 0.2) is 0 Å². The fraction of sp³-hybridized carbons (Fsp3) is 1.00. The molecule has 1 nitrogen and oxygen atoms in total. The zero-order valence-electron chi connectivity index (χ0n) is 5.65. The highest BCUT2D eigenvalue weighted by molar-refractivity contribution is 8.00. The van der Waals surface area contributed by atoms with Gasteiger partial charge in [-0.05, 0) is 18.6 Å². The number of nitrogens with one attached hydrogen (secondary N) is 1. The van der Waals surface area contributed by atoms with Crippen molar-refractivity contribution in [3.63, 3.8) is 0 Å². The molecule has 2 aliphatic rings. The Labute approximate surface area is 60.6 Å². The molecule has 0 unspecified atom stereocenters. The predicted molar refractivity (Wildman–Crippen MR) is 41.9 cm³/mol. The molecule has 1 N–H and O–H groups in total. The van der Waals surface area contributed by atoms with Gasteiger partial charge in [0.05, 0.1) is 0 Å². The molecule has 0 aliphatic carbocycles. The van der Waals surface area contributed by atoms with E-state index in [9.17, 15) is 0 Å². The summed E-state index contributed by atoms with van der Waals surface area (Å²) in [5.74, 6) is 1.40. The number of hydrogen-bond acceptors (Lipinski definition) is 2. The zero-order valence-corrected chi connectivity index (χ0v) is 6.47. The molecule has 0 aromatic rings. The monoisotopic (exact) mass is 143 g/mol. The third-order valence-corrected chi connectivity index (χ3v) is 3.93. The average molecular weight is 143 g/mol. The van der Waals surface area contributed by atoms with Gasteiger partial charge in [0.15, 0.2) is 0 Å². The minimum atomic E-state index is 0.707. The van der Waals surface area contributed by atoms with Crippen molar-refractivity contribution in [2.75, 3.05) is 18.8 Å². The summed E-state index contributed by atoms with van der Waals surface area (Å²) in [7, 11) is 0. The Morgan fingerprint density at radius 3 is 2.44 bits per heavy atom. The molecular formula is C7H13NS. The molecule has 1 spiro atoms. The Morgan fingerprint density at radius 1 is 1.22 bits per heavy atom. The van der Waals surface area contributed by atoms with E-state index in [1.54, 1.807) is 0 Å². The lowest BCUT2D eigenvalue weighted by Gasteiger charge is -2.44. The minimum Gasteiger partial charge on any atom is -0.314 e. The summed E-state index contributed by atoms with van der Waals surface area (Å²) in [6, 6.07) is 0. The largest absolute Gasteiger partial charge is 0.314 e. The molecule has 52 valence electrons. The molecule has 2 rings (SSSR count). The first-order valence-electron chi connectivity index (χ1n) is 3.76. The summed E-state index contributed by atoms with van der Waals surface area (Å²) >= 11 is 2.19. The SMILES string of the molecule is C1CCC2(CNC2)SC1. The summed E-state index contributed by atoms with van der Waals surface area (Å²) in [4.78, 5) is 0. The van der Waals surface area contributed by atoms with Gasteiger partial charge in [-0.15, -0.1) is 0 Å². The average Bonchev–Trinajstić information content (AvgIpc) is 1.87. The lowest BCUT2D eigenvalue weighted by atomic mass is 9.95. The van der Waals surface area contributed by atoms with Gasteiger partial charge < -0.3 is 5.32 Å². The second-order valence-electron chi connectivity index (χ2n) is 3.09. The van der Waals surface area contributed by atoms with E-state index in [0.717, 1.165) is 0 Å². The van der Waals surface area contributed by atoms with Gasteiger partial charge in [-0.3, -0.25) is 0 Å². The third kappa shape index (κ3) is 0.987. The lowest BCUT2D eigenvalue weighted by molar-refractivity contribution is 0.354. The van der Waals surface area contributed by atoms with Gasteiger partial charge in [0.25, 0.3) is 0 Å². The summed E-state index contributed by atoms with van der Waals surface area (Å²) in [5, 5.41) is 3.35. The van der Waals surface area contributed by atoms with Crippen LogP contribution >= 0.6 is 11.8 Å². The molecule has 0 amide bonds. The van der Waals surface area contributed by atoms with Gasteiger partial charge in [-0.1, -0.05) is 6.42 Å². The number of thioether (sulfide) groups is 1. The molecule has 2 aliphatic heterocycles. The first-order chi connectivity index (χ1) is 4.41. The van der Waals surface area contributed by atoms with Gasteiger partial charge in [0, 0.05) is 17.8 Å². The van der Waals surface area contributed by atoms with Gasteiger partial charge in [-0.2, -0.15) is 11.8 Å². The van der Waals surface area contributed by atoms with E-state index in [1.807, 2.05) is 0 Å². The van der Waals surface area contributed by atoms with Gasteiger partial charge in [-0.25, -0.2) is 0 Å². The van der Waals surface area contributed by atoms with Crippen LogP contribution in [0.5, 0.6) is 0 Å². The van der Waals surface area contributed by atoms with Crippen LogP contribution in [0.3, 0.4) is 0 Å². The molecule has 0 atom stereocenters. The normalized spacial score (nSPS) is 32.0. The first-order valence-corrected chi connectivity index (χ1v) is 4.75. The smallest absolute Gasteiger partial charge is 0.0408 e. The van der Waals surface area contributed by atoms with Crippen molar-refractivity contribution in [2.45, 2.75) is 24.0 Å². The Bertz CT molecular complexity index is 101. The Kier molecular flexibility index (Phi) is 1.46. The topological polar surface area (TPSA) is 12.0 Å². The van der Waals surface area contributed by atoms with Crippen LogP contribution in [0.4, 0.5) is 0 Å². The minimum absolute atomic E-state index is 0.707. The highest BCUT2D eigenvalue weighted by atomic mass is 32.2. The van der Waals surface area contributed by atoms with Crippen molar-refractivity contribution in [2.24, 2.45) is 0 Å². The van der Waals surface area contributed by atoms with Crippen molar-refractivity contribution in [3.8, 4) is 0 Å². The van der Waals surface area contributed by atoms with Gasteiger partial charge >= 0.3 is 0 Å². The van der Waals surface area contributed by atoms with Crippen LogP contribution in [-0.4, -0.2) is 23.6 Å². The molecule has 9 heavy (non-hydrogen) atoms. The van der Waals surface area contributed by atoms with E-state index in [-0.39, 0.29) is 0 Å². The summed E-state index contributed by atoms with van der Waals surface area (Å²) < 4.78 is 0.707. The summed E-state index contributed by atoms with van der Waals surface area (Å²) in [5.41, 5.74) is 0. The molecular weight excluding hydrogens is 130 g/mol. The van der Waals surface area contributed by atoms with Crippen LogP contribution in [-0.2, 0) is 0 Å². The van der Waals surface area contributed by atoms with Crippen molar-refractivity contribution in [1.82, 2.24) is 5.32 Å². The highest BCUT2D eigenvalue weighted by Crippen LogP contribution is 2.38. The lowest BCUT2D eigenvalue weighted by Crippen LogP contribution is -2.57. The van der Waals surface area contributed by atoms with Crippen molar-refractivity contribution < 1.29 is 0 Å². The van der Waals surface area contributed by atoms with E-state index >= 15 is 0 Å². The Balaban J connectivity index is 1.93. The molecule has 0 aromatic heterocycles. The van der Waals surface area contributed by atoms with Crippen LogP contribution in [0.2, 0.25) is 0 Å². The number of hydrogen-bond donors (Lipinski definition) is 1. The maximum atomic E-state index is 3.35. The zero-order chi connectivity index (χ0) is 6.16. The van der Waals surface area contributed by atoms with Crippen molar-refractivity contribution >= 4 is 11.8 Å². The molecule has 0 aromatic carbocycles. The van der Waals surface area contributed by atoms with E-state index in [2.05, 4.69) is 17.1 Å². The molecule has 0 radical (unpaired) electrons. The van der Waals surface area contributed by atoms with E-state index in [1.165, 1.54) is 38.1 Å². The Hall–Kier alpha value is 0.310. The fourth-order valence-electron chi connectivity index (χ4n) is 1.59. The van der Waals surface area contributed by atoms with Gasteiger partial charge in [0.1, 0.15) is 0 Å². The maximum Gasteiger partial charge on any atom is 0.0408 e. The molecule has 2 heterocycles. The second-order valence-corrected chi connectivity index (χ2v) is 4.66. The molecule has 0 bridgehead atoms. The van der Waals surface area contributed by atoms with Crippen LogP contribution in [0, 0.1) is 0 Å². The highest BCUT2D eigenvalue weighted by Gasteiger charge is 2.38. The first kappa shape index (κ1) is 6.05. The van der Waals surface area contributed by atoms with E-state index < -0.39 is 0 Å². The number of rotatable bonds is 0. The van der Waals surface area contributed by atoms with Crippen LogP contribution < -0.4 is 5.32 Å². The van der Waals surface area contributed by atoms with Crippen molar-refractivity contribution in [3.05, 3.63) is 0 Å². The Morgan fingerprint density at radius 2 is 2.11 bits per heavy atom. The van der Waals surface area contributed by atoms with Crippen LogP contribution in [0.25, 0.3) is 0 Å². The van der Waals surface area contributed by atoms with Crippen molar-refractivity contribution in [1.29, 1.82) is 0 Å². The van der Waals surface area contributed by atoms with E-state index in [0.29, 0.717) is 4.75 Å². The van der Waals surface area contributed by atoms with Crippen LogP contribution in [0.1, 0.15) is 19.3 Å². The predicted octanol–water partition coefficient (Wildman–Crippen LogP) is 1.25. The van der Waals surface area contributed by atoms with E-state index in [4.69, 9.17) is 0 Å². The summed E-state index contributed by atoms with van der Waals surface area (Å²) in [6.45, 7) is 2.55. The second kappa shape index (κ2) is 2.17. The molecule has 2 saturated heterocycles. The summed E-state index contributed by atoms with van der Waals surface area (Å²) in [6.07, 6.45) is 4.38. The molecule has 0 saturated carbocycles. The molecule has 2 fully saturated rings. The maximum absolute atomic E-state index is 3.35. The quantitative estimate of drug-likeness (QED) is 0.547.